The van der Waals surface area contributed by atoms with Crippen LogP contribution in [0.3, 0.4) is 0 Å². The van der Waals surface area contributed by atoms with Gasteiger partial charge in [0, 0.05) is 40.0 Å². The van der Waals surface area contributed by atoms with Gasteiger partial charge in [-0.15, -0.1) is 0 Å². The molecular formula is C21H14ClF2N3O. The van der Waals surface area contributed by atoms with Gasteiger partial charge in [-0.2, -0.15) is 0 Å². The molecule has 7 heteroatoms. The van der Waals surface area contributed by atoms with E-state index >= 15 is 0 Å². The summed E-state index contributed by atoms with van der Waals surface area (Å²) in [6, 6.07) is 12.8. The number of aromatic nitrogens is 2. The van der Waals surface area contributed by atoms with E-state index in [1.165, 1.54) is 24.5 Å². The topological polar surface area (TPSA) is 51.0 Å². The number of hydrogen-bond donors (Lipinski definition) is 1. The minimum Gasteiger partial charge on any atom is -0.445 e. The standard InChI is InChI=1S/C21H14ClF2N3O/c22-17-6-4-13(21-25-8-9-28-21)10-15(17)14-5-7-20(26-11-14)27-12-16-18(23)2-1-3-19(16)24/h1-11H,12H2,(H,26,27). The number of anilines is 1. The second kappa shape index (κ2) is 7.78. The maximum absolute atomic E-state index is 13.7. The molecule has 1 N–H and O–H groups in total. The minimum absolute atomic E-state index is 0.00867. The molecule has 28 heavy (non-hydrogen) atoms. The van der Waals surface area contributed by atoms with Gasteiger partial charge < -0.3 is 9.73 Å². The average molecular weight is 398 g/mol. The fraction of sp³-hybridized carbons (Fsp3) is 0.0476. The minimum atomic E-state index is -0.598. The van der Waals surface area contributed by atoms with Crippen molar-refractivity contribution in [1.82, 2.24) is 9.97 Å². The summed E-state index contributed by atoms with van der Waals surface area (Å²) in [6.07, 6.45) is 4.72. The fourth-order valence-corrected chi connectivity index (χ4v) is 3.01. The van der Waals surface area contributed by atoms with Gasteiger partial charge in [0.05, 0.1) is 6.20 Å². The van der Waals surface area contributed by atoms with Crippen LogP contribution in [0.4, 0.5) is 14.6 Å². The first-order valence-electron chi connectivity index (χ1n) is 8.44. The van der Waals surface area contributed by atoms with Gasteiger partial charge in [-0.1, -0.05) is 17.7 Å². The lowest BCUT2D eigenvalue weighted by Crippen LogP contribution is -2.05. The van der Waals surface area contributed by atoms with Crippen LogP contribution >= 0.6 is 11.6 Å². The highest BCUT2D eigenvalue weighted by Crippen LogP contribution is 2.32. The second-order valence-corrected chi connectivity index (χ2v) is 6.42. The number of nitrogens with one attached hydrogen (secondary N) is 1. The van der Waals surface area contributed by atoms with Crippen LogP contribution in [0.2, 0.25) is 5.02 Å². The number of rotatable bonds is 5. The van der Waals surface area contributed by atoms with E-state index in [0.29, 0.717) is 16.7 Å². The van der Waals surface area contributed by atoms with Gasteiger partial charge in [0.1, 0.15) is 23.7 Å². The zero-order valence-electron chi connectivity index (χ0n) is 14.5. The number of oxazole rings is 1. The van der Waals surface area contributed by atoms with Crippen LogP contribution in [0.1, 0.15) is 5.56 Å². The molecule has 4 nitrogen and oxygen atoms in total. The second-order valence-electron chi connectivity index (χ2n) is 6.02. The van der Waals surface area contributed by atoms with Crippen LogP contribution < -0.4 is 5.32 Å². The summed E-state index contributed by atoms with van der Waals surface area (Å²) in [6.45, 7) is -0.00867. The van der Waals surface area contributed by atoms with Crippen molar-refractivity contribution in [2.75, 3.05) is 5.32 Å². The van der Waals surface area contributed by atoms with E-state index in [-0.39, 0.29) is 12.1 Å². The average Bonchev–Trinajstić information content (AvgIpc) is 3.23. The lowest BCUT2D eigenvalue weighted by molar-refractivity contribution is 0.560. The summed E-state index contributed by atoms with van der Waals surface area (Å²) in [5, 5.41) is 3.48. The van der Waals surface area contributed by atoms with Gasteiger partial charge in [0.15, 0.2) is 0 Å². The van der Waals surface area contributed by atoms with E-state index in [0.717, 1.165) is 16.7 Å². The molecule has 0 aliphatic rings. The van der Waals surface area contributed by atoms with Crippen LogP contribution in [0.5, 0.6) is 0 Å². The molecule has 2 aromatic carbocycles. The van der Waals surface area contributed by atoms with Gasteiger partial charge >= 0.3 is 0 Å². The van der Waals surface area contributed by atoms with E-state index in [9.17, 15) is 8.78 Å². The van der Waals surface area contributed by atoms with E-state index < -0.39 is 11.6 Å². The molecule has 0 saturated heterocycles. The highest BCUT2D eigenvalue weighted by molar-refractivity contribution is 6.33. The zero-order valence-corrected chi connectivity index (χ0v) is 15.3. The lowest BCUT2D eigenvalue weighted by Gasteiger charge is -2.10. The van der Waals surface area contributed by atoms with Gasteiger partial charge in [-0.3, -0.25) is 0 Å². The molecule has 0 spiro atoms. The molecule has 0 radical (unpaired) electrons. The first kappa shape index (κ1) is 18.1. The SMILES string of the molecule is Fc1cccc(F)c1CNc1ccc(-c2cc(-c3ncco3)ccc2Cl)cn1. The van der Waals surface area contributed by atoms with Crippen LogP contribution in [-0.4, -0.2) is 9.97 Å². The maximum Gasteiger partial charge on any atom is 0.225 e. The number of hydrogen-bond acceptors (Lipinski definition) is 4. The van der Waals surface area contributed by atoms with Crippen molar-refractivity contribution in [3.05, 3.63) is 89.4 Å². The molecular weight excluding hydrogens is 384 g/mol. The van der Waals surface area contributed by atoms with Crippen molar-refractivity contribution in [2.45, 2.75) is 6.54 Å². The Bertz CT molecular complexity index is 1080. The Kier molecular flexibility index (Phi) is 5.04. The van der Waals surface area contributed by atoms with Crippen molar-refractivity contribution in [3.63, 3.8) is 0 Å². The molecule has 4 aromatic rings. The normalized spacial score (nSPS) is 10.8. The van der Waals surface area contributed by atoms with Crippen molar-refractivity contribution in [1.29, 1.82) is 0 Å². The van der Waals surface area contributed by atoms with Gasteiger partial charge in [-0.25, -0.2) is 18.7 Å². The summed E-state index contributed by atoms with van der Waals surface area (Å²) in [5.41, 5.74) is 2.33. The van der Waals surface area contributed by atoms with Gasteiger partial charge in [-0.05, 0) is 42.5 Å². The Morgan fingerprint density at radius 1 is 0.964 bits per heavy atom. The number of benzene rings is 2. The number of pyridine rings is 1. The molecule has 0 fully saturated rings. The van der Waals surface area contributed by atoms with E-state index in [2.05, 4.69) is 15.3 Å². The zero-order chi connectivity index (χ0) is 19.5. The predicted octanol–water partition coefficient (Wildman–Crippen LogP) is 5.95. The molecule has 0 aliphatic heterocycles. The Balaban J connectivity index is 1.54. The number of nitrogens with zero attached hydrogens (tertiary/aromatic N) is 2. The third-order valence-corrected chi connectivity index (χ3v) is 4.56. The highest BCUT2D eigenvalue weighted by atomic mass is 35.5. The summed E-state index contributed by atoms with van der Waals surface area (Å²) >= 11 is 6.33. The third kappa shape index (κ3) is 3.73. The molecule has 0 aliphatic carbocycles. The molecule has 0 atom stereocenters. The van der Waals surface area contributed by atoms with E-state index in [1.54, 1.807) is 24.5 Å². The first-order valence-corrected chi connectivity index (χ1v) is 8.82. The Morgan fingerprint density at radius 3 is 2.43 bits per heavy atom. The highest BCUT2D eigenvalue weighted by Gasteiger charge is 2.11. The Hall–Kier alpha value is -3.25. The summed E-state index contributed by atoms with van der Waals surface area (Å²) in [7, 11) is 0. The van der Waals surface area contributed by atoms with Crippen molar-refractivity contribution >= 4 is 17.4 Å². The third-order valence-electron chi connectivity index (χ3n) is 4.23. The van der Waals surface area contributed by atoms with Gasteiger partial charge in [0.2, 0.25) is 5.89 Å². The number of halogens is 3. The largest absolute Gasteiger partial charge is 0.445 e. The molecule has 0 bridgehead atoms. The smallest absolute Gasteiger partial charge is 0.225 e. The monoisotopic (exact) mass is 397 g/mol. The predicted molar refractivity (Wildman–Crippen MR) is 104 cm³/mol. The van der Waals surface area contributed by atoms with Crippen LogP contribution in [0.15, 0.2) is 71.6 Å². The maximum atomic E-state index is 13.7. The molecule has 0 amide bonds. The van der Waals surface area contributed by atoms with E-state index in [1.807, 2.05) is 18.2 Å². The van der Waals surface area contributed by atoms with Crippen molar-refractivity contribution in [2.24, 2.45) is 0 Å². The molecule has 140 valence electrons. The van der Waals surface area contributed by atoms with Crippen molar-refractivity contribution in [3.8, 4) is 22.6 Å². The summed E-state index contributed by atoms with van der Waals surface area (Å²) in [5.74, 6) is -0.207. The van der Waals surface area contributed by atoms with Crippen LogP contribution in [-0.2, 0) is 6.54 Å². The van der Waals surface area contributed by atoms with Crippen molar-refractivity contribution < 1.29 is 13.2 Å². The Morgan fingerprint density at radius 2 is 1.75 bits per heavy atom. The molecule has 0 unspecified atom stereocenters. The molecule has 4 rings (SSSR count). The lowest BCUT2D eigenvalue weighted by atomic mass is 10.0. The van der Waals surface area contributed by atoms with Crippen LogP contribution in [0, 0.1) is 11.6 Å². The van der Waals surface area contributed by atoms with E-state index in [4.69, 9.17) is 16.0 Å². The fourth-order valence-electron chi connectivity index (χ4n) is 2.78. The molecule has 2 heterocycles. The summed E-state index contributed by atoms with van der Waals surface area (Å²) < 4.78 is 32.7. The first-order chi connectivity index (χ1) is 13.6. The molecule has 2 aromatic heterocycles. The Labute approximate surface area is 164 Å². The quantitative estimate of drug-likeness (QED) is 0.452. The van der Waals surface area contributed by atoms with Gasteiger partial charge in [0.25, 0.3) is 0 Å². The molecule has 0 saturated carbocycles. The van der Waals surface area contributed by atoms with Crippen LogP contribution in [0.25, 0.3) is 22.6 Å². The summed E-state index contributed by atoms with van der Waals surface area (Å²) in [4.78, 5) is 8.45.